The number of benzene rings is 3. The van der Waals surface area contributed by atoms with Gasteiger partial charge in [-0.15, -0.1) is 0 Å². The molecule has 0 radical (unpaired) electrons. The summed E-state index contributed by atoms with van der Waals surface area (Å²) in [5.41, 5.74) is 2.05. The van der Waals surface area contributed by atoms with Crippen LogP contribution in [0.2, 0.25) is 0 Å². The van der Waals surface area contributed by atoms with E-state index in [-0.39, 0.29) is 11.3 Å². The zero-order valence-electron chi connectivity index (χ0n) is 18.9. The molecule has 3 aromatic carbocycles. The van der Waals surface area contributed by atoms with Crippen LogP contribution < -0.4 is 10.1 Å². The molecule has 3 rings (SSSR count). The number of aliphatic carboxylic acids is 2. The number of hydrogen-bond donors (Lipinski definition) is 3. The molecule has 0 unspecified atom stereocenters. The summed E-state index contributed by atoms with van der Waals surface area (Å²) in [5.74, 6) is -2.29. The van der Waals surface area contributed by atoms with Crippen molar-refractivity contribution in [2.24, 2.45) is 0 Å². The average Bonchev–Trinajstić information content (AvgIpc) is 2.84. The number of carboxylic acids is 2. The lowest BCUT2D eigenvalue weighted by Crippen LogP contribution is -2.07. The first-order valence-electron chi connectivity index (χ1n) is 10.3. The number of hydrogen-bond acceptors (Lipinski definition) is 5. The van der Waals surface area contributed by atoms with Crippen LogP contribution in [0, 0.1) is 11.3 Å². The highest BCUT2D eigenvalue weighted by Gasteiger charge is 2.31. The fourth-order valence-electron chi connectivity index (χ4n) is 3.00. The fraction of sp³-hybridized carbons (Fsp3) is 0.115. The van der Waals surface area contributed by atoms with Crippen molar-refractivity contribution in [3.8, 4) is 28.7 Å². The predicted octanol–water partition coefficient (Wildman–Crippen LogP) is 5.47. The molecular formula is C26H21F3N2O5. The molecule has 0 aliphatic heterocycles. The summed E-state index contributed by atoms with van der Waals surface area (Å²) in [5, 5.41) is 27.9. The van der Waals surface area contributed by atoms with E-state index in [0.29, 0.717) is 24.4 Å². The number of halogens is 3. The number of alkyl halides is 3. The van der Waals surface area contributed by atoms with E-state index in [1.54, 1.807) is 12.1 Å². The van der Waals surface area contributed by atoms with Crippen molar-refractivity contribution in [2.45, 2.75) is 12.7 Å². The van der Waals surface area contributed by atoms with Gasteiger partial charge in [-0.25, -0.2) is 9.59 Å². The lowest BCUT2D eigenvalue weighted by atomic mass is 9.99. The molecule has 0 fully saturated rings. The molecule has 0 heterocycles. The van der Waals surface area contributed by atoms with Crippen molar-refractivity contribution in [3.63, 3.8) is 0 Å². The molecule has 10 heteroatoms. The van der Waals surface area contributed by atoms with Gasteiger partial charge in [0.1, 0.15) is 17.6 Å². The Morgan fingerprint density at radius 3 is 2.17 bits per heavy atom. The van der Waals surface area contributed by atoms with Gasteiger partial charge < -0.3 is 20.3 Å². The van der Waals surface area contributed by atoms with Gasteiger partial charge in [-0.05, 0) is 54.1 Å². The summed E-state index contributed by atoms with van der Waals surface area (Å²) in [7, 11) is 1.83. The molecule has 0 saturated carbocycles. The number of nitrogens with zero attached hydrogens (tertiary/aromatic N) is 1. The predicted molar refractivity (Wildman–Crippen MR) is 125 cm³/mol. The van der Waals surface area contributed by atoms with Crippen LogP contribution in [0.1, 0.15) is 16.7 Å². The van der Waals surface area contributed by atoms with Crippen LogP contribution in [0.5, 0.6) is 11.5 Å². The molecule has 0 spiro atoms. The van der Waals surface area contributed by atoms with Gasteiger partial charge in [0.25, 0.3) is 0 Å². The van der Waals surface area contributed by atoms with Gasteiger partial charge in [-0.3, -0.25) is 0 Å². The second-order valence-corrected chi connectivity index (χ2v) is 7.15. The van der Waals surface area contributed by atoms with Crippen molar-refractivity contribution in [3.05, 3.63) is 95.6 Å². The summed E-state index contributed by atoms with van der Waals surface area (Å²) >= 11 is 0. The van der Waals surface area contributed by atoms with Gasteiger partial charge in [0.15, 0.2) is 0 Å². The van der Waals surface area contributed by atoms with Gasteiger partial charge in [0.05, 0.1) is 11.1 Å². The molecular weight excluding hydrogens is 477 g/mol. The number of nitrogens with one attached hydrogen (secondary N) is 1. The van der Waals surface area contributed by atoms with E-state index >= 15 is 0 Å². The summed E-state index contributed by atoms with van der Waals surface area (Å²) < 4.78 is 44.7. The molecule has 7 nitrogen and oxygen atoms in total. The number of rotatable bonds is 7. The Morgan fingerprint density at radius 1 is 1.00 bits per heavy atom. The van der Waals surface area contributed by atoms with E-state index in [4.69, 9.17) is 14.9 Å². The van der Waals surface area contributed by atoms with E-state index in [0.717, 1.165) is 34.9 Å². The Morgan fingerprint density at radius 2 is 1.64 bits per heavy atom. The minimum Gasteiger partial charge on any atom is -0.478 e. The van der Waals surface area contributed by atoms with Crippen LogP contribution in [0.3, 0.4) is 0 Å². The lowest BCUT2D eigenvalue weighted by molar-refractivity contribution is -0.137. The van der Waals surface area contributed by atoms with Gasteiger partial charge in [0, 0.05) is 18.7 Å². The smallest absolute Gasteiger partial charge is 0.416 e. The zero-order chi connectivity index (χ0) is 26.7. The molecule has 0 amide bonds. The van der Waals surface area contributed by atoms with Crippen LogP contribution in [-0.4, -0.2) is 29.2 Å². The SMILES string of the molecule is CNCc1ccc(Oc2cc(C(F)(F)F)ccc2C#N)cc1-c1ccccc1.O=C(O)C=CC(=O)O. The normalized spacial score (nSPS) is 10.8. The number of ether oxygens (including phenoxy) is 1. The number of nitriles is 1. The van der Waals surface area contributed by atoms with Crippen LogP contribution in [0.25, 0.3) is 11.1 Å². The first kappa shape index (κ1) is 27.6. The summed E-state index contributed by atoms with van der Waals surface area (Å²) in [6, 6.07) is 19.6. The van der Waals surface area contributed by atoms with Crippen molar-refractivity contribution >= 4 is 11.9 Å². The average molecular weight is 498 g/mol. The zero-order valence-corrected chi connectivity index (χ0v) is 18.9. The molecule has 0 bridgehead atoms. The minimum absolute atomic E-state index is 0.0357. The van der Waals surface area contributed by atoms with E-state index in [1.807, 2.05) is 49.5 Å². The molecule has 36 heavy (non-hydrogen) atoms. The maximum atomic E-state index is 13.0. The van der Waals surface area contributed by atoms with Gasteiger partial charge in [-0.1, -0.05) is 36.4 Å². The highest BCUT2D eigenvalue weighted by Crippen LogP contribution is 2.36. The lowest BCUT2D eigenvalue weighted by Gasteiger charge is -2.15. The molecule has 0 saturated heterocycles. The van der Waals surface area contributed by atoms with Crippen molar-refractivity contribution < 1.29 is 37.7 Å². The van der Waals surface area contributed by atoms with E-state index < -0.39 is 23.7 Å². The number of carbonyl (C=O) groups is 2. The first-order chi connectivity index (χ1) is 17.0. The minimum atomic E-state index is -4.52. The monoisotopic (exact) mass is 498 g/mol. The molecule has 3 aromatic rings. The fourth-order valence-corrected chi connectivity index (χ4v) is 3.00. The Kier molecular flexibility index (Phi) is 9.77. The van der Waals surface area contributed by atoms with Crippen LogP contribution in [0.4, 0.5) is 13.2 Å². The molecule has 3 N–H and O–H groups in total. The van der Waals surface area contributed by atoms with Crippen LogP contribution >= 0.6 is 0 Å². The van der Waals surface area contributed by atoms with Gasteiger partial charge in [0.2, 0.25) is 0 Å². The molecule has 0 aliphatic rings. The highest BCUT2D eigenvalue weighted by atomic mass is 19.4. The third-order valence-corrected chi connectivity index (χ3v) is 4.56. The first-order valence-corrected chi connectivity index (χ1v) is 10.3. The summed E-state index contributed by atoms with van der Waals surface area (Å²) in [4.78, 5) is 19.1. The highest BCUT2D eigenvalue weighted by molar-refractivity contribution is 5.89. The third-order valence-electron chi connectivity index (χ3n) is 4.56. The topological polar surface area (TPSA) is 120 Å². The Hall–Kier alpha value is -4.62. The molecule has 186 valence electrons. The second-order valence-electron chi connectivity index (χ2n) is 7.15. The van der Waals surface area contributed by atoms with Crippen molar-refractivity contribution in [1.29, 1.82) is 5.26 Å². The van der Waals surface area contributed by atoms with E-state index in [2.05, 4.69) is 5.32 Å². The van der Waals surface area contributed by atoms with Crippen LogP contribution in [-0.2, 0) is 22.3 Å². The maximum absolute atomic E-state index is 13.0. The van der Waals surface area contributed by atoms with Gasteiger partial charge >= 0.3 is 18.1 Å². The molecule has 0 aromatic heterocycles. The Bertz CT molecular complexity index is 1270. The second kappa shape index (κ2) is 12.7. The van der Waals surface area contributed by atoms with Gasteiger partial charge in [-0.2, -0.15) is 18.4 Å². The standard InChI is InChI=1S/C22H17F3N2O.C4H4O4/c1-27-14-17-8-10-19(12-20(17)15-5-3-2-4-6-15)28-21-11-18(22(23,24)25)9-7-16(21)13-26;5-3(6)1-2-4(7)8/h2-12,27H,14H2,1H3;1-2H,(H,5,6)(H,7,8). The van der Waals surface area contributed by atoms with E-state index in [1.165, 1.54) is 0 Å². The third kappa shape index (κ3) is 8.30. The Labute approximate surface area is 204 Å². The maximum Gasteiger partial charge on any atom is 0.416 e. The van der Waals surface area contributed by atoms with Crippen LogP contribution in [0.15, 0.2) is 78.9 Å². The quantitative estimate of drug-likeness (QED) is 0.370. The number of carboxylic acid groups (broad SMARTS) is 2. The van der Waals surface area contributed by atoms with Crippen molar-refractivity contribution in [2.75, 3.05) is 7.05 Å². The van der Waals surface area contributed by atoms with Crippen molar-refractivity contribution in [1.82, 2.24) is 5.32 Å². The summed E-state index contributed by atoms with van der Waals surface area (Å²) in [6.45, 7) is 0.623. The van der Waals surface area contributed by atoms with E-state index in [9.17, 15) is 28.0 Å². The molecule has 0 aliphatic carbocycles. The largest absolute Gasteiger partial charge is 0.478 e. The molecule has 0 atom stereocenters. The summed E-state index contributed by atoms with van der Waals surface area (Å²) in [6.07, 6.45) is -3.40. The Balaban J connectivity index is 0.000000493.